The fourth-order valence-electron chi connectivity index (χ4n) is 5.30. The van der Waals surface area contributed by atoms with E-state index in [0.717, 1.165) is 29.2 Å². The molecule has 19 heteroatoms. The Hall–Kier alpha value is -4.16. The molecule has 3 aromatic rings. The highest BCUT2D eigenvalue weighted by Crippen LogP contribution is 2.57. The number of ether oxygens (including phenoxy) is 2. The topological polar surface area (TPSA) is 146 Å². The van der Waals surface area contributed by atoms with Crippen molar-refractivity contribution in [3.63, 3.8) is 0 Å². The molecule has 1 spiro atoms. The van der Waals surface area contributed by atoms with Crippen molar-refractivity contribution in [2.75, 3.05) is 6.61 Å². The van der Waals surface area contributed by atoms with Crippen LogP contribution in [0, 0.1) is 5.41 Å². The Morgan fingerprint density at radius 1 is 1.07 bits per heavy atom. The molecule has 5 rings (SSSR count). The first-order valence-electron chi connectivity index (χ1n) is 12.5. The van der Waals surface area contributed by atoms with E-state index in [1.165, 1.54) is 6.07 Å². The van der Waals surface area contributed by atoms with Gasteiger partial charge >= 0.3 is 18.9 Å². The number of pyridine rings is 1. The molecular weight excluding hydrogens is 604 g/mol. The molecule has 3 aromatic heterocycles. The minimum atomic E-state index is -6.05. The van der Waals surface area contributed by atoms with Crippen LogP contribution in [0.4, 0.5) is 35.1 Å². The highest BCUT2D eigenvalue weighted by Gasteiger charge is 2.71. The Bertz CT molecular complexity index is 1520. The maximum Gasteiger partial charge on any atom is 0.429 e. The van der Waals surface area contributed by atoms with Gasteiger partial charge in [0.05, 0.1) is 23.5 Å². The van der Waals surface area contributed by atoms with Crippen molar-refractivity contribution >= 4 is 17.3 Å². The molecule has 0 aromatic carbocycles. The number of fused-ring (bicyclic) bond motifs is 1. The van der Waals surface area contributed by atoms with Crippen molar-refractivity contribution in [3.05, 3.63) is 41.9 Å². The summed E-state index contributed by atoms with van der Waals surface area (Å²) in [6, 6.07) is 2.01. The van der Waals surface area contributed by atoms with E-state index in [4.69, 9.17) is 10.5 Å². The van der Waals surface area contributed by atoms with E-state index in [9.17, 15) is 49.8 Å². The molecule has 0 saturated heterocycles. The number of hydrogen-bond donors (Lipinski definition) is 3. The molecule has 11 nitrogen and oxygen atoms in total. The second-order valence-electron chi connectivity index (χ2n) is 10.6. The zero-order valence-electron chi connectivity index (χ0n) is 21.6. The smallest absolute Gasteiger partial charge is 0.429 e. The number of primary amides is 1. The summed E-state index contributed by atoms with van der Waals surface area (Å²) in [5, 5.41) is 19.5. The number of nitrogens with zero attached hydrogens (tertiary/aromatic N) is 4. The van der Waals surface area contributed by atoms with E-state index < -0.39 is 54.8 Å². The molecule has 2 saturated carbocycles. The summed E-state index contributed by atoms with van der Waals surface area (Å²) >= 11 is 0. The van der Waals surface area contributed by atoms with Crippen molar-refractivity contribution < 1.29 is 59.3 Å². The van der Waals surface area contributed by atoms with Crippen LogP contribution in [-0.2, 0) is 0 Å². The first-order valence-corrected chi connectivity index (χ1v) is 12.5. The quantitative estimate of drug-likeness (QED) is 0.309. The van der Waals surface area contributed by atoms with Crippen LogP contribution in [0.25, 0.3) is 5.52 Å². The largest absolute Gasteiger partial charge is 0.488 e. The van der Waals surface area contributed by atoms with E-state index in [1.807, 2.05) is 0 Å². The lowest BCUT2D eigenvalue weighted by Crippen LogP contribution is -2.60. The van der Waals surface area contributed by atoms with Gasteiger partial charge in [0.25, 0.3) is 17.4 Å². The summed E-state index contributed by atoms with van der Waals surface area (Å²) in [7, 11) is 0. The molecule has 0 bridgehead atoms. The van der Waals surface area contributed by atoms with E-state index in [0.29, 0.717) is 25.7 Å². The first-order chi connectivity index (χ1) is 19.9. The predicted octanol–water partition coefficient (Wildman–Crippen LogP) is 3.38. The van der Waals surface area contributed by atoms with Gasteiger partial charge in [-0.15, -0.1) is 5.10 Å². The molecule has 2 amide bonds. The summed E-state index contributed by atoms with van der Waals surface area (Å²) in [6.07, 6.45) is -7.36. The number of rotatable bonds is 9. The SMILES string of the molecule is NC(=O)c1cn(C(F)F)nc1O[C@H]1CC2(C[C@H](NC(=O)c3cnn4cc(OCC(O)(C(F)(F)F)C(F)(F)F)ccc34)C2)C1. The van der Waals surface area contributed by atoms with Crippen LogP contribution in [0.2, 0.25) is 0 Å². The molecule has 234 valence electrons. The Morgan fingerprint density at radius 3 is 2.30 bits per heavy atom. The highest BCUT2D eigenvalue weighted by atomic mass is 19.4. The van der Waals surface area contributed by atoms with Gasteiger partial charge in [-0.05, 0) is 43.2 Å². The monoisotopic (exact) mass is 626 g/mol. The number of nitrogens with two attached hydrogens (primary N) is 1. The Labute approximate surface area is 235 Å². The van der Waals surface area contributed by atoms with Crippen molar-refractivity contribution in [2.24, 2.45) is 11.1 Å². The first kappa shape index (κ1) is 30.3. The van der Waals surface area contributed by atoms with Gasteiger partial charge in [-0.3, -0.25) is 9.59 Å². The van der Waals surface area contributed by atoms with Gasteiger partial charge in [0.15, 0.2) is 0 Å². The van der Waals surface area contributed by atoms with Crippen LogP contribution in [-0.4, -0.2) is 73.0 Å². The molecule has 0 aliphatic heterocycles. The number of hydrogen-bond acceptors (Lipinski definition) is 7. The summed E-state index contributed by atoms with van der Waals surface area (Å²) in [5.74, 6) is -2.24. The van der Waals surface area contributed by atoms with Gasteiger partial charge in [-0.2, -0.15) is 40.2 Å². The van der Waals surface area contributed by atoms with Gasteiger partial charge in [-0.1, -0.05) is 0 Å². The summed E-state index contributed by atoms with van der Waals surface area (Å²) in [5.41, 5.74) is -0.0552. The molecule has 2 aliphatic carbocycles. The third kappa shape index (κ3) is 5.52. The fraction of sp³-hybridized carbons (Fsp3) is 0.500. The van der Waals surface area contributed by atoms with Gasteiger partial charge in [0.2, 0.25) is 5.88 Å². The summed E-state index contributed by atoms with van der Waals surface area (Å²) in [4.78, 5) is 24.4. The molecule has 0 radical (unpaired) electrons. The second-order valence-corrected chi connectivity index (χ2v) is 10.6. The van der Waals surface area contributed by atoms with E-state index in [-0.39, 0.29) is 38.7 Å². The Morgan fingerprint density at radius 2 is 1.72 bits per heavy atom. The number of alkyl halides is 8. The lowest BCUT2D eigenvalue weighted by Gasteiger charge is -2.57. The van der Waals surface area contributed by atoms with Gasteiger partial charge in [0.1, 0.15) is 24.0 Å². The summed E-state index contributed by atoms with van der Waals surface area (Å²) < 4.78 is 115. The third-order valence-electron chi connectivity index (χ3n) is 7.58. The number of carbonyl (C=O) groups excluding carboxylic acids is 2. The third-order valence-corrected chi connectivity index (χ3v) is 7.58. The molecule has 2 aliphatic rings. The standard InChI is InChI=1S/C24H22F8N6O5/c25-20(26)38-9-15(17(33)39)19(36-38)43-13-5-21(6-13)3-11(4-21)35-18(40)14-7-34-37-8-12(1-2-16(14)37)42-10-22(41,23(27,28)29)24(30,31)32/h1-2,7-9,11,13,20,41H,3-6,10H2,(H2,33,39)(H,35,40)/t11-,13-,21?. The zero-order valence-corrected chi connectivity index (χ0v) is 21.6. The lowest BCUT2D eigenvalue weighted by atomic mass is 9.53. The van der Waals surface area contributed by atoms with Crippen LogP contribution in [0.15, 0.2) is 30.7 Å². The van der Waals surface area contributed by atoms with Crippen LogP contribution in [0.1, 0.15) is 52.9 Å². The number of carbonyl (C=O) groups is 2. The minimum absolute atomic E-state index is 0.0815. The van der Waals surface area contributed by atoms with Crippen LogP contribution < -0.4 is 20.5 Å². The molecule has 2 fully saturated rings. The maximum absolute atomic E-state index is 12.9. The number of amides is 2. The van der Waals surface area contributed by atoms with E-state index in [1.54, 1.807) is 0 Å². The van der Waals surface area contributed by atoms with Crippen molar-refractivity contribution in [2.45, 2.75) is 62.3 Å². The molecule has 43 heavy (non-hydrogen) atoms. The molecule has 0 unspecified atom stereocenters. The van der Waals surface area contributed by atoms with Crippen molar-refractivity contribution in [1.82, 2.24) is 24.7 Å². The van der Waals surface area contributed by atoms with Crippen molar-refractivity contribution in [1.29, 1.82) is 0 Å². The highest BCUT2D eigenvalue weighted by molar-refractivity contribution is 6.00. The number of aliphatic hydroxyl groups is 1. The molecular formula is C24H22F8N6O5. The van der Waals surface area contributed by atoms with Crippen molar-refractivity contribution in [3.8, 4) is 11.6 Å². The van der Waals surface area contributed by atoms with Crippen LogP contribution >= 0.6 is 0 Å². The normalized spacial score (nSPS) is 22.4. The van der Waals surface area contributed by atoms with E-state index in [2.05, 4.69) is 20.3 Å². The average Bonchev–Trinajstić information content (AvgIpc) is 3.47. The number of aromatic nitrogens is 4. The zero-order chi connectivity index (χ0) is 31.5. The molecule has 0 atom stereocenters. The number of nitrogens with one attached hydrogen (secondary N) is 1. The van der Waals surface area contributed by atoms with Gasteiger partial charge in [-0.25, -0.2) is 9.20 Å². The maximum atomic E-state index is 12.9. The van der Waals surface area contributed by atoms with Crippen LogP contribution in [0.5, 0.6) is 11.6 Å². The minimum Gasteiger partial charge on any atom is -0.488 e. The Balaban J connectivity index is 1.14. The lowest BCUT2D eigenvalue weighted by molar-refractivity contribution is -0.373. The number of halogens is 8. The molecule has 4 N–H and O–H groups in total. The van der Waals surface area contributed by atoms with Gasteiger partial charge in [0, 0.05) is 12.2 Å². The van der Waals surface area contributed by atoms with Crippen LogP contribution in [0.3, 0.4) is 0 Å². The average molecular weight is 626 g/mol. The summed E-state index contributed by atoms with van der Waals surface area (Å²) in [6.45, 7) is -5.13. The van der Waals surface area contributed by atoms with Gasteiger partial charge < -0.3 is 25.6 Å². The van der Waals surface area contributed by atoms with E-state index >= 15 is 0 Å². The predicted molar refractivity (Wildman–Crippen MR) is 126 cm³/mol. The second kappa shape index (κ2) is 10.2. The Kier molecular flexibility index (Phi) is 7.21. The fourth-order valence-corrected chi connectivity index (χ4v) is 5.30. The molecule has 3 heterocycles.